The van der Waals surface area contributed by atoms with E-state index >= 15 is 0 Å². The summed E-state index contributed by atoms with van der Waals surface area (Å²) in [5.41, 5.74) is 2.45. The second kappa shape index (κ2) is 10.4. The van der Waals surface area contributed by atoms with E-state index in [1.54, 1.807) is 0 Å². The van der Waals surface area contributed by atoms with Gasteiger partial charge >= 0.3 is 0 Å². The summed E-state index contributed by atoms with van der Waals surface area (Å²) in [6.07, 6.45) is 9.44. The zero-order valence-electron chi connectivity index (χ0n) is 19.6. The van der Waals surface area contributed by atoms with Crippen LogP contribution in [0.1, 0.15) is 30.9 Å². The second-order valence-corrected chi connectivity index (χ2v) is 10.8. The van der Waals surface area contributed by atoms with Gasteiger partial charge in [0.05, 0.1) is 11.1 Å². The molecule has 8 heteroatoms. The largest absolute Gasteiger partial charge is 0.489 e. The van der Waals surface area contributed by atoms with E-state index in [4.69, 9.17) is 16.3 Å². The Morgan fingerprint density at radius 2 is 1.73 bits per heavy atom. The molecule has 0 bridgehead atoms. The molecule has 33 heavy (non-hydrogen) atoms. The molecule has 3 fully saturated rings. The van der Waals surface area contributed by atoms with Crippen LogP contribution in [-0.2, 0) is 13.0 Å². The van der Waals surface area contributed by atoms with Gasteiger partial charge in [0.2, 0.25) is 5.95 Å². The Morgan fingerprint density at radius 3 is 2.33 bits per heavy atom. The van der Waals surface area contributed by atoms with Crippen LogP contribution >= 0.6 is 23.5 Å². The number of hydrogen-bond acceptors (Lipinski definition) is 7. The third-order valence-corrected chi connectivity index (χ3v) is 8.55. The molecule has 0 amide bonds. The molecule has 5 rings (SSSR count). The highest BCUT2D eigenvalue weighted by Gasteiger charge is 2.42. The van der Waals surface area contributed by atoms with Crippen molar-refractivity contribution in [3.63, 3.8) is 0 Å². The van der Waals surface area contributed by atoms with Crippen molar-refractivity contribution in [2.24, 2.45) is 11.8 Å². The lowest BCUT2D eigenvalue weighted by Gasteiger charge is -2.33. The van der Waals surface area contributed by atoms with Crippen LogP contribution in [0, 0.1) is 11.8 Å². The highest BCUT2D eigenvalue weighted by molar-refractivity contribution is 7.96. The van der Waals surface area contributed by atoms with Crippen LogP contribution in [0.2, 0.25) is 5.02 Å². The number of nitrogens with zero attached hydrogens (tertiary/aromatic N) is 5. The first-order valence-electron chi connectivity index (χ1n) is 12.1. The van der Waals surface area contributed by atoms with Gasteiger partial charge in [-0.25, -0.2) is 14.3 Å². The molecule has 2 aliphatic heterocycles. The molecule has 2 atom stereocenters. The molecule has 0 N–H and O–H groups in total. The zero-order chi connectivity index (χ0) is 22.8. The van der Waals surface area contributed by atoms with Crippen LogP contribution in [-0.4, -0.2) is 70.8 Å². The number of ether oxygens (including phenoxy) is 1. The number of piperazine rings is 1. The summed E-state index contributed by atoms with van der Waals surface area (Å²) in [6.45, 7) is 9.57. The molecule has 1 aromatic heterocycles. The summed E-state index contributed by atoms with van der Waals surface area (Å²) in [5.74, 6) is 2.98. The Kier molecular flexibility index (Phi) is 7.30. The summed E-state index contributed by atoms with van der Waals surface area (Å²) in [6, 6.07) is 6.34. The summed E-state index contributed by atoms with van der Waals surface area (Å²) in [4.78, 5) is 14.0. The Hall–Kier alpha value is -1.54. The van der Waals surface area contributed by atoms with Gasteiger partial charge in [-0.3, -0.25) is 4.90 Å². The Morgan fingerprint density at radius 1 is 1.03 bits per heavy atom. The number of aryl methyl sites for hydroxylation is 1. The summed E-state index contributed by atoms with van der Waals surface area (Å²) < 4.78 is 8.80. The van der Waals surface area contributed by atoms with Crippen molar-refractivity contribution in [3.8, 4) is 5.75 Å². The lowest BCUT2D eigenvalue weighted by atomic mass is 10.0. The van der Waals surface area contributed by atoms with Crippen LogP contribution < -0.4 is 9.64 Å². The quantitative estimate of drug-likeness (QED) is 0.537. The van der Waals surface area contributed by atoms with E-state index in [-0.39, 0.29) is 6.10 Å². The van der Waals surface area contributed by atoms with Gasteiger partial charge in [-0.2, -0.15) is 0 Å². The van der Waals surface area contributed by atoms with E-state index in [9.17, 15) is 0 Å². The maximum atomic E-state index is 6.64. The standard InChI is InChI=1S/C25H34ClN5OS/c1-3-18-13-27-25(28-14-18)30-16-20-11-22(12-21(20)17-30)32-24-5-4-19(10-23(24)26)15-29-6-8-31(33-2)9-7-29/h4-5,10,13-14,20-22H,3,6-9,11-12,15-17H2,1-2H3. The van der Waals surface area contributed by atoms with Gasteiger partial charge in [0.25, 0.3) is 0 Å². The second-order valence-electron chi connectivity index (χ2n) is 9.53. The normalized spacial score (nSPS) is 26.0. The molecular formula is C25H34ClN5OS. The Balaban J connectivity index is 1.12. The van der Waals surface area contributed by atoms with Gasteiger partial charge in [-0.15, -0.1) is 0 Å². The summed E-state index contributed by atoms with van der Waals surface area (Å²) in [5, 5.41) is 0.735. The van der Waals surface area contributed by atoms with Crippen molar-refractivity contribution >= 4 is 29.5 Å². The van der Waals surface area contributed by atoms with E-state index in [1.165, 1.54) is 11.1 Å². The maximum absolute atomic E-state index is 6.64. The first-order chi connectivity index (χ1) is 16.1. The third-order valence-electron chi connectivity index (χ3n) is 7.38. The molecule has 3 heterocycles. The highest BCUT2D eigenvalue weighted by atomic mass is 35.5. The predicted octanol–water partition coefficient (Wildman–Crippen LogP) is 4.38. The number of rotatable bonds is 7. The average molecular weight is 488 g/mol. The maximum Gasteiger partial charge on any atom is 0.225 e. The Labute approximate surface area is 206 Å². The molecule has 2 unspecified atom stereocenters. The summed E-state index contributed by atoms with van der Waals surface area (Å²) in [7, 11) is 0. The Bertz CT molecular complexity index is 923. The van der Waals surface area contributed by atoms with Gasteiger partial charge in [-0.1, -0.05) is 36.5 Å². The van der Waals surface area contributed by atoms with E-state index < -0.39 is 0 Å². The number of fused-ring (bicyclic) bond motifs is 1. The zero-order valence-corrected chi connectivity index (χ0v) is 21.2. The molecule has 0 radical (unpaired) electrons. The summed E-state index contributed by atoms with van der Waals surface area (Å²) >= 11 is 8.48. The molecule has 6 nitrogen and oxygen atoms in total. The van der Waals surface area contributed by atoms with Crippen molar-refractivity contribution < 1.29 is 4.74 Å². The first-order valence-corrected chi connectivity index (χ1v) is 13.7. The lowest BCUT2D eigenvalue weighted by Crippen LogP contribution is -2.42. The molecule has 1 saturated carbocycles. The van der Waals surface area contributed by atoms with Gasteiger partial charge < -0.3 is 9.64 Å². The number of benzene rings is 1. The minimum Gasteiger partial charge on any atom is -0.489 e. The van der Waals surface area contributed by atoms with Crippen molar-refractivity contribution in [3.05, 3.63) is 46.7 Å². The molecule has 0 spiro atoms. The number of aromatic nitrogens is 2. The highest BCUT2D eigenvalue weighted by Crippen LogP contribution is 2.41. The fourth-order valence-electron chi connectivity index (χ4n) is 5.44. The fourth-order valence-corrected chi connectivity index (χ4v) is 6.22. The van der Waals surface area contributed by atoms with Crippen molar-refractivity contribution in [1.29, 1.82) is 0 Å². The van der Waals surface area contributed by atoms with Crippen LogP contribution in [0.4, 0.5) is 5.95 Å². The molecular weight excluding hydrogens is 454 g/mol. The minimum atomic E-state index is 0.244. The van der Waals surface area contributed by atoms with Crippen LogP contribution in [0.3, 0.4) is 0 Å². The molecule has 1 aliphatic carbocycles. The topological polar surface area (TPSA) is 44.7 Å². The van der Waals surface area contributed by atoms with E-state index in [2.05, 4.69) is 55.5 Å². The van der Waals surface area contributed by atoms with Crippen molar-refractivity contribution in [2.75, 3.05) is 50.4 Å². The molecule has 2 saturated heterocycles. The van der Waals surface area contributed by atoms with Gasteiger partial charge in [0, 0.05) is 58.2 Å². The number of hydrogen-bond donors (Lipinski definition) is 0. The van der Waals surface area contributed by atoms with Gasteiger partial charge in [0.15, 0.2) is 0 Å². The van der Waals surface area contributed by atoms with Crippen LogP contribution in [0.25, 0.3) is 0 Å². The molecule has 2 aromatic rings. The first kappa shape index (κ1) is 23.2. The molecule has 178 valence electrons. The van der Waals surface area contributed by atoms with E-state index in [0.29, 0.717) is 11.8 Å². The fraction of sp³-hybridized carbons (Fsp3) is 0.600. The van der Waals surface area contributed by atoms with E-state index in [1.807, 2.05) is 24.3 Å². The van der Waals surface area contributed by atoms with E-state index in [0.717, 1.165) is 81.8 Å². The average Bonchev–Trinajstić information content (AvgIpc) is 3.40. The van der Waals surface area contributed by atoms with Crippen LogP contribution in [0.15, 0.2) is 30.6 Å². The monoisotopic (exact) mass is 487 g/mol. The molecule has 1 aromatic carbocycles. The van der Waals surface area contributed by atoms with Crippen molar-refractivity contribution in [2.45, 2.75) is 38.8 Å². The number of anilines is 1. The third kappa shape index (κ3) is 5.42. The SMILES string of the molecule is CCc1cnc(N2CC3CC(Oc4ccc(CN5CCN(SC)CC5)cc4Cl)CC3C2)nc1. The predicted molar refractivity (Wildman–Crippen MR) is 136 cm³/mol. The number of halogens is 1. The smallest absolute Gasteiger partial charge is 0.225 e. The van der Waals surface area contributed by atoms with Crippen molar-refractivity contribution in [1.82, 2.24) is 19.2 Å². The van der Waals surface area contributed by atoms with Gasteiger partial charge in [-0.05, 0) is 60.6 Å². The molecule has 3 aliphatic rings. The lowest BCUT2D eigenvalue weighted by molar-refractivity contribution is 0.189. The van der Waals surface area contributed by atoms with Gasteiger partial charge in [0.1, 0.15) is 5.75 Å². The minimum absolute atomic E-state index is 0.244. The van der Waals surface area contributed by atoms with Crippen LogP contribution in [0.5, 0.6) is 5.75 Å².